The first-order valence-corrected chi connectivity index (χ1v) is 10.5. The summed E-state index contributed by atoms with van der Waals surface area (Å²) in [7, 11) is 0. The van der Waals surface area contributed by atoms with Crippen molar-refractivity contribution in [2.24, 2.45) is 4.99 Å². The van der Waals surface area contributed by atoms with Crippen LogP contribution in [0.5, 0.6) is 0 Å². The van der Waals surface area contributed by atoms with Crippen LogP contribution in [0.3, 0.4) is 0 Å². The molecular formula is C24H24F3NO2S. The van der Waals surface area contributed by atoms with Crippen LogP contribution >= 0.6 is 11.8 Å². The lowest BCUT2D eigenvalue weighted by Crippen LogP contribution is -2.41. The Labute approximate surface area is 184 Å². The van der Waals surface area contributed by atoms with Crippen molar-refractivity contribution < 1.29 is 23.1 Å². The largest absolute Gasteiger partial charge is 0.480 e. The van der Waals surface area contributed by atoms with Crippen molar-refractivity contribution in [1.82, 2.24) is 0 Å². The van der Waals surface area contributed by atoms with Gasteiger partial charge in [0, 0.05) is 12.3 Å². The van der Waals surface area contributed by atoms with Gasteiger partial charge in [-0.15, -0.1) is 17.5 Å². The van der Waals surface area contributed by atoms with Gasteiger partial charge < -0.3 is 5.11 Å². The zero-order chi connectivity index (χ0) is 22.9. The maximum Gasteiger partial charge on any atom is 0.416 e. The fourth-order valence-electron chi connectivity index (χ4n) is 2.87. The van der Waals surface area contributed by atoms with E-state index in [0.29, 0.717) is 30.5 Å². The second-order valence-corrected chi connectivity index (χ2v) is 8.68. The molecule has 0 bridgehead atoms. The molecule has 1 aromatic carbocycles. The van der Waals surface area contributed by atoms with Crippen molar-refractivity contribution in [2.75, 3.05) is 0 Å². The summed E-state index contributed by atoms with van der Waals surface area (Å²) in [6, 6.07) is 5.17. The van der Waals surface area contributed by atoms with Gasteiger partial charge in [-0.1, -0.05) is 30.9 Å². The van der Waals surface area contributed by atoms with Crippen molar-refractivity contribution in [2.45, 2.75) is 43.5 Å². The minimum Gasteiger partial charge on any atom is -0.480 e. The molecule has 0 heterocycles. The number of carboxylic acid groups (broad SMARTS) is 1. The van der Waals surface area contributed by atoms with Gasteiger partial charge >= 0.3 is 12.1 Å². The standard InChI is InChI=1S/C24H24F3NO2S/c1-3-8-21(28-16-13-18(2)31-23(22(29)30)14-7-15-23)12-5-4-9-19-10-6-11-20(17-19)24(25,26)27/h3-4,6,8,10-13,16-17H,1,7,9,14-15H2,2H3,(H,29,30)/b18-13+,21-8+,28-16+. The third-order valence-corrected chi connectivity index (χ3v) is 6.10. The SMILES string of the molecule is C=C/C=C(C=C=CCc1cccc(C(F)(F)F)c1)/N=C/C=C(\C)SC1(C(=O)O)CCC1. The monoisotopic (exact) mass is 447 g/mol. The lowest BCUT2D eigenvalue weighted by molar-refractivity contribution is -0.142. The highest BCUT2D eigenvalue weighted by Gasteiger charge is 2.45. The Morgan fingerprint density at radius 2 is 2.10 bits per heavy atom. The third kappa shape index (κ3) is 7.46. The number of allylic oxidation sites excluding steroid dienone is 5. The predicted molar refractivity (Wildman–Crippen MR) is 120 cm³/mol. The summed E-state index contributed by atoms with van der Waals surface area (Å²) in [5.41, 5.74) is 3.34. The zero-order valence-electron chi connectivity index (χ0n) is 17.2. The van der Waals surface area contributed by atoms with Gasteiger partial charge in [-0.2, -0.15) is 13.2 Å². The van der Waals surface area contributed by atoms with E-state index in [1.54, 1.807) is 42.7 Å². The third-order valence-electron chi connectivity index (χ3n) is 4.67. The zero-order valence-corrected chi connectivity index (χ0v) is 18.0. The molecule has 0 amide bonds. The van der Waals surface area contributed by atoms with Gasteiger partial charge in [0.05, 0.1) is 11.3 Å². The fraction of sp³-hybridized carbons (Fsp3) is 0.292. The summed E-state index contributed by atoms with van der Waals surface area (Å²) in [6.07, 6.45) is 7.99. The summed E-state index contributed by atoms with van der Waals surface area (Å²) in [5.74, 6) is -0.783. The number of aliphatic imine (C=N–C) groups is 1. The number of halogens is 3. The Hall–Kier alpha value is -2.76. The maximum absolute atomic E-state index is 12.8. The molecule has 164 valence electrons. The highest BCUT2D eigenvalue weighted by atomic mass is 32.2. The summed E-state index contributed by atoms with van der Waals surface area (Å²) in [5, 5.41) is 9.40. The Kier molecular flexibility index (Phi) is 8.72. The molecule has 0 atom stereocenters. The van der Waals surface area contributed by atoms with Gasteiger partial charge in [-0.3, -0.25) is 9.79 Å². The van der Waals surface area contributed by atoms with Gasteiger partial charge in [0.15, 0.2) is 0 Å². The summed E-state index contributed by atoms with van der Waals surface area (Å²) >= 11 is 1.35. The molecule has 0 radical (unpaired) electrons. The van der Waals surface area contributed by atoms with Crippen molar-refractivity contribution >= 4 is 23.9 Å². The molecule has 1 N–H and O–H groups in total. The molecule has 1 aliphatic carbocycles. The lowest BCUT2D eigenvalue weighted by atomic mass is 9.84. The van der Waals surface area contributed by atoms with Gasteiger partial charge in [-0.05, 0) is 67.4 Å². The minimum atomic E-state index is -4.36. The smallest absolute Gasteiger partial charge is 0.416 e. The van der Waals surface area contributed by atoms with E-state index < -0.39 is 22.5 Å². The Morgan fingerprint density at radius 1 is 1.35 bits per heavy atom. The van der Waals surface area contributed by atoms with E-state index in [9.17, 15) is 23.1 Å². The lowest BCUT2D eigenvalue weighted by Gasteiger charge is -2.36. The van der Waals surface area contributed by atoms with Gasteiger partial charge in [0.1, 0.15) is 4.75 Å². The van der Waals surface area contributed by atoms with E-state index in [-0.39, 0.29) is 0 Å². The number of carbonyl (C=O) groups is 1. The number of aliphatic carboxylic acids is 1. The van der Waals surface area contributed by atoms with E-state index in [2.05, 4.69) is 17.3 Å². The molecule has 0 spiro atoms. The summed E-state index contributed by atoms with van der Waals surface area (Å²) < 4.78 is 37.6. The van der Waals surface area contributed by atoms with Crippen molar-refractivity contribution in [3.8, 4) is 0 Å². The number of rotatable bonds is 9. The van der Waals surface area contributed by atoms with Crippen LogP contribution in [0, 0.1) is 0 Å². The van der Waals surface area contributed by atoms with Crippen LogP contribution in [0.4, 0.5) is 13.2 Å². The summed E-state index contributed by atoms with van der Waals surface area (Å²) in [4.78, 5) is 16.6. The topological polar surface area (TPSA) is 49.7 Å². The quantitative estimate of drug-likeness (QED) is 0.259. The van der Waals surface area contributed by atoms with Crippen molar-refractivity contribution in [3.05, 3.63) is 88.7 Å². The maximum atomic E-state index is 12.8. The van der Waals surface area contributed by atoms with Gasteiger partial charge in [0.2, 0.25) is 0 Å². The predicted octanol–water partition coefficient (Wildman–Crippen LogP) is 6.74. The van der Waals surface area contributed by atoms with E-state index in [1.807, 2.05) is 6.92 Å². The molecule has 7 heteroatoms. The Morgan fingerprint density at radius 3 is 2.68 bits per heavy atom. The number of thioether (sulfide) groups is 1. The number of hydrogen-bond donors (Lipinski definition) is 1. The Balaban J connectivity index is 2.01. The highest BCUT2D eigenvalue weighted by Crippen LogP contribution is 2.47. The van der Waals surface area contributed by atoms with Crippen LogP contribution < -0.4 is 0 Å². The van der Waals surface area contributed by atoms with Crippen molar-refractivity contribution in [1.29, 1.82) is 0 Å². The van der Waals surface area contributed by atoms with Crippen LogP contribution in [-0.2, 0) is 17.4 Å². The molecule has 0 saturated heterocycles. The normalized spacial score (nSPS) is 16.4. The van der Waals surface area contributed by atoms with E-state index in [1.165, 1.54) is 17.8 Å². The van der Waals surface area contributed by atoms with Crippen LogP contribution in [-0.4, -0.2) is 22.0 Å². The van der Waals surface area contributed by atoms with Crippen molar-refractivity contribution in [3.63, 3.8) is 0 Å². The van der Waals surface area contributed by atoms with Gasteiger partial charge in [-0.25, -0.2) is 0 Å². The molecule has 0 unspecified atom stereocenters. The first kappa shape index (κ1) is 24.5. The molecule has 1 aromatic rings. The minimum absolute atomic E-state index is 0.304. The molecule has 1 aliphatic rings. The van der Waals surface area contributed by atoms with Gasteiger partial charge in [0.25, 0.3) is 0 Å². The molecule has 0 aliphatic heterocycles. The molecule has 0 aromatic heterocycles. The average Bonchev–Trinajstić information content (AvgIpc) is 2.67. The second kappa shape index (κ2) is 11.0. The van der Waals surface area contributed by atoms with Crippen LogP contribution in [0.15, 0.2) is 82.6 Å². The van der Waals surface area contributed by atoms with E-state index >= 15 is 0 Å². The van der Waals surface area contributed by atoms with E-state index in [0.717, 1.165) is 23.5 Å². The molecule has 3 nitrogen and oxygen atoms in total. The first-order valence-electron chi connectivity index (χ1n) is 9.69. The fourth-order valence-corrected chi connectivity index (χ4v) is 4.20. The van der Waals surface area contributed by atoms with Crippen LogP contribution in [0.25, 0.3) is 0 Å². The number of hydrogen-bond acceptors (Lipinski definition) is 3. The molecule has 1 fully saturated rings. The van der Waals surface area contributed by atoms with Crippen LogP contribution in [0.2, 0.25) is 0 Å². The number of benzene rings is 1. The number of carboxylic acids is 1. The van der Waals surface area contributed by atoms with E-state index in [4.69, 9.17) is 0 Å². The highest BCUT2D eigenvalue weighted by molar-refractivity contribution is 8.05. The molecule has 31 heavy (non-hydrogen) atoms. The first-order chi connectivity index (χ1) is 14.7. The number of alkyl halides is 3. The van der Waals surface area contributed by atoms with Crippen LogP contribution in [0.1, 0.15) is 37.3 Å². The molecule has 2 rings (SSSR count). The number of nitrogens with zero attached hydrogens (tertiary/aromatic N) is 1. The molecule has 1 saturated carbocycles. The summed E-state index contributed by atoms with van der Waals surface area (Å²) in [6.45, 7) is 5.49. The Bertz CT molecular complexity index is 963. The molecular weight excluding hydrogens is 423 g/mol. The second-order valence-electron chi connectivity index (χ2n) is 7.06. The average molecular weight is 448 g/mol.